The van der Waals surface area contributed by atoms with Crippen molar-refractivity contribution in [2.45, 2.75) is 0 Å². The molecule has 0 aliphatic carbocycles. The lowest BCUT2D eigenvalue weighted by molar-refractivity contribution is 0.425. The molecule has 5 heteroatoms. The fraction of sp³-hybridized carbons (Fsp3) is 0.222. The number of nitrogens with one attached hydrogen (secondary N) is 1. The maximum Gasteiger partial charge on any atom is 0.209 e. The summed E-state index contributed by atoms with van der Waals surface area (Å²) < 4.78 is 2.12. The molecule has 5 nitrogen and oxygen atoms in total. The third-order valence-electron chi connectivity index (χ3n) is 3.99. The Bertz CT molecular complexity index is 987. The van der Waals surface area contributed by atoms with Crippen LogP contribution >= 0.6 is 0 Å². The molecule has 0 amide bonds. The van der Waals surface area contributed by atoms with E-state index in [0.29, 0.717) is 0 Å². The number of aromatic nitrogens is 3. The maximum atomic E-state index is 4.82. The highest BCUT2D eigenvalue weighted by Crippen LogP contribution is 2.26. The van der Waals surface area contributed by atoms with Crippen molar-refractivity contribution >= 4 is 33.5 Å². The maximum absolute atomic E-state index is 4.82. The van der Waals surface area contributed by atoms with E-state index in [1.165, 1.54) is 0 Å². The molecule has 2 heterocycles. The average molecular weight is 305 g/mol. The fourth-order valence-corrected chi connectivity index (χ4v) is 2.86. The van der Waals surface area contributed by atoms with Gasteiger partial charge in [0.15, 0.2) is 0 Å². The second-order valence-corrected chi connectivity index (χ2v) is 5.94. The lowest BCUT2D eigenvalue weighted by Gasteiger charge is -2.13. The molecule has 0 aliphatic rings. The summed E-state index contributed by atoms with van der Waals surface area (Å²) in [6.45, 7) is 1.78. The van der Waals surface area contributed by atoms with Crippen molar-refractivity contribution in [3.8, 4) is 0 Å². The van der Waals surface area contributed by atoms with Crippen LogP contribution in [0.25, 0.3) is 27.6 Å². The van der Waals surface area contributed by atoms with Gasteiger partial charge in [-0.2, -0.15) is 0 Å². The van der Waals surface area contributed by atoms with Gasteiger partial charge in [-0.25, -0.2) is 9.97 Å². The number of fused-ring (bicyclic) bond motifs is 5. The summed E-state index contributed by atoms with van der Waals surface area (Å²) in [6.07, 6.45) is 0. The van der Waals surface area contributed by atoms with E-state index in [4.69, 9.17) is 9.97 Å². The minimum absolute atomic E-state index is 0.833. The van der Waals surface area contributed by atoms with E-state index in [9.17, 15) is 0 Å². The summed E-state index contributed by atoms with van der Waals surface area (Å²) in [5, 5.41) is 4.53. The summed E-state index contributed by atoms with van der Waals surface area (Å²) in [7, 11) is 4.13. The first kappa shape index (κ1) is 14.0. The minimum atomic E-state index is 0.833. The predicted octanol–water partition coefficient (Wildman–Crippen LogP) is 3.01. The topological polar surface area (TPSA) is 45.5 Å². The summed E-state index contributed by atoms with van der Waals surface area (Å²) in [4.78, 5) is 11.8. The van der Waals surface area contributed by atoms with E-state index < -0.39 is 0 Å². The highest BCUT2D eigenvalue weighted by Gasteiger charge is 2.13. The molecule has 1 N–H and O–H groups in total. The van der Waals surface area contributed by atoms with Gasteiger partial charge in [-0.1, -0.05) is 24.3 Å². The lowest BCUT2D eigenvalue weighted by Crippen LogP contribution is -2.22. The Balaban J connectivity index is 1.97. The summed E-state index contributed by atoms with van der Waals surface area (Å²) in [5.41, 5.74) is 3.97. The Morgan fingerprint density at radius 1 is 0.957 bits per heavy atom. The van der Waals surface area contributed by atoms with Gasteiger partial charge in [-0.3, -0.25) is 4.40 Å². The molecule has 0 atom stereocenters. The molecule has 0 fully saturated rings. The molecule has 0 unspecified atom stereocenters. The standard InChI is InChI=1S/C18H19N5/c1-22(2)12-11-19-18-21-14-8-4-3-7-13(14)17-20-15-9-5-6-10-16(15)23(17)18/h3-10H,11-12H2,1-2H3,(H,19,21). The zero-order valence-electron chi connectivity index (χ0n) is 13.3. The summed E-state index contributed by atoms with van der Waals surface area (Å²) in [6, 6.07) is 16.3. The first-order valence-electron chi connectivity index (χ1n) is 7.78. The number of rotatable bonds is 4. The van der Waals surface area contributed by atoms with E-state index in [0.717, 1.165) is 46.6 Å². The van der Waals surface area contributed by atoms with Crippen LogP contribution in [0.3, 0.4) is 0 Å². The molecule has 0 saturated carbocycles. The fourth-order valence-electron chi connectivity index (χ4n) is 2.86. The molecule has 0 bridgehead atoms. The molecule has 116 valence electrons. The third-order valence-corrected chi connectivity index (χ3v) is 3.99. The van der Waals surface area contributed by atoms with Crippen LogP contribution in [-0.4, -0.2) is 46.5 Å². The van der Waals surface area contributed by atoms with E-state index >= 15 is 0 Å². The molecule has 0 aliphatic heterocycles. The molecule has 0 spiro atoms. The monoisotopic (exact) mass is 305 g/mol. The van der Waals surface area contributed by atoms with Crippen LogP contribution in [0.15, 0.2) is 48.5 Å². The van der Waals surface area contributed by atoms with E-state index in [2.05, 4.69) is 40.8 Å². The first-order chi connectivity index (χ1) is 11.2. The highest BCUT2D eigenvalue weighted by molar-refractivity contribution is 5.97. The van der Waals surface area contributed by atoms with E-state index in [1.54, 1.807) is 0 Å². The molecule has 0 radical (unpaired) electrons. The van der Waals surface area contributed by atoms with Gasteiger partial charge in [0.25, 0.3) is 0 Å². The Hall–Kier alpha value is -2.66. The van der Waals surface area contributed by atoms with Crippen LogP contribution < -0.4 is 5.32 Å². The van der Waals surface area contributed by atoms with Crippen molar-refractivity contribution < 1.29 is 0 Å². The summed E-state index contributed by atoms with van der Waals surface area (Å²) >= 11 is 0. The third kappa shape index (κ3) is 2.39. The van der Waals surface area contributed by atoms with Gasteiger partial charge >= 0.3 is 0 Å². The number of hydrogen-bond donors (Lipinski definition) is 1. The van der Waals surface area contributed by atoms with Crippen LogP contribution in [0.2, 0.25) is 0 Å². The van der Waals surface area contributed by atoms with Crippen LogP contribution in [0.5, 0.6) is 0 Å². The molecule has 4 rings (SSSR count). The quantitative estimate of drug-likeness (QED) is 0.629. The van der Waals surface area contributed by atoms with Crippen LogP contribution in [-0.2, 0) is 0 Å². The zero-order valence-corrected chi connectivity index (χ0v) is 13.3. The minimum Gasteiger partial charge on any atom is -0.354 e. The Morgan fingerprint density at radius 3 is 2.52 bits per heavy atom. The van der Waals surface area contributed by atoms with Crippen molar-refractivity contribution in [3.63, 3.8) is 0 Å². The Morgan fingerprint density at radius 2 is 1.70 bits per heavy atom. The zero-order chi connectivity index (χ0) is 15.8. The van der Waals surface area contributed by atoms with Crippen molar-refractivity contribution in [3.05, 3.63) is 48.5 Å². The normalized spacial score (nSPS) is 11.8. The van der Waals surface area contributed by atoms with Crippen molar-refractivity contribution in [2.24, 2.45) is 0 Å². The number of para-hydroxylation sites is 3. The van der Waals surface area contributed by atoms with Crippen LogP contribution in [0.4, 0.5) is 5.95 Å². The van der Waals surface area contributed by atoms with Gasteiger partial charge in [0, 0.05) is 18.5 Å². The smallest absolute Gasteiger partial charge is 0.209 e. The average Bonchev–Trinajstić information content (AvgIpc) is 2.94. The van der Waals surface area contributed by atoms with Gasteiger partial charge in [0.1, 0.15) is 5.65 Å². The van der Waals surface area contributed by atoms with Crippen molar-refractivity contribution in [1.29, 1.82) is 0 Å². The van der Waals surface area contributed by atoms with E-state index in [-0.39, 0.29) is 0 Å². The Labute approximate surface area is 134 Å². The Kier molecular flexibility index (Phi) is 3.35. The SMILES string of the molecule is CN(C)CCNc1nc2ccccc2c2nc3ccccc3n12. The molecule has 2 aromatic carbocycles. The second-order valence-electron chi connectivity index (χ2n) is 5.94. The van der Waals surface area contributed by atoms with Crippen LogP contribution in [0.1, 0.15) is 0 Å². The number of benzene rings is 2. The predicted molar refractivity (Wildman–Crippen MR) is 95.0 cm³/mol. The van der Waals surface area contributed by atoms with Gasteiger partial charge in [-0.15, -0.1) is 0 Å². The lowest BCUT2D eigenvalue weighted by atomic mass is 10.2. The van der Waals surface area contributed by atoms with Crippen molar-refractivity contribution in [1.82, 2.24) is 19.3 Å². The van der Waals surface area contributed by atoms with Gasteiger partial charge in [0.2, 0.25) is 5.95 Å². The first-order valence-corrected chi connectivity index (χ1v) is 7.78. The van der Waals surface area contributed by atoms with Gasteiger partial charge in [0.05, 0.1) is 16.6 Å². The number of likely N-dealkylation sites (N-methyl/N-ethyl adjacent to an activating group) is 1. The number of imidazole rings is 1. The van der Waals surface area contributed by atoms with Crippen molar-refractivity contribution in [2.75, 3.05) is 32.5 Å². The highest BCUT2D eigenvalue weighted by atomic mass is 15.2. The number of anilines is 1. The molecular formula is C18H19N5. The summed E-state index contributed by atoms with van der Waals surface area (Å²) in [5.74, 6) is 0.842. The van der Waals surface area contributed by atoms with Crippen LogP contribution in [0, 0.1) is 0 Å². The second kappa shape index (κ2) is 5.52. The molecular weight excluding hydrogens is 286 g/mol. The molecule has 4 aromatic rings. The number of nitrogens with zero attached hydrogens (tertiary/aromatic N) is 4. The molecule has 2 aromatic heterocycles. The molecule has 0 saturated heterocycles. The largest absolute Gasteiger partial charge is 0.354 e. The number of hydrogen-bond acceptors (Lipinski definition) is 4. The van der Waals surface area contributed by atoms with Gasteiger partial charge in [-0.05, 0) is 38.4 Å². The van der Waals surface area contributed by atoms with E-state index in [1.807, 2.05) is 36.4 Å². The molecule has 23 heavy (non-hydrogen) atoms. The van der Waals surface area contributed by atoms with Gasteiger partial charge < -0.3 is 10.2 Å².